The maximum absolute atomic E-state index is 15.2. The zero-order valence-electron chi connectivity index (χ0n) is 33.4. The molecule has 11 atom stereocenters. The lowest BCUT2D eigenvalue weighted by atomic mass is 9.37. The molecule has 2 aromatic heterocycles. The molecule has 1 N–H and O–H groups in total. The van der Waals surface area contributed by atoms with Gasteiger partial charge in [-0.2, -0.15) is 0 Å². The molecule has 7 aliphatic rings. The molecule has 1 aliphatic heterocycles. The lowest BCUT2D eigenvalue weighted by Gasteiger charge is -2.67. The molecule has 7 heteroatoms. The first kappa shape index (κ1) is 36.7. The van der Waals surface area contributed by atoms with Crippen molar-refractivity contribution in [1.29, 1.82) is 0 Å². The van der Waals surface area contributed by atoms with Gasteiger partial charge in [-0.1, -0.05) is 47.0 Å². The second kappa shape index (κ2) is 14.1. The van der Waals surface area contributed by atoms with Crippen molar-refractivity contribution in [2.75, 3.05) is 27.2 Å². The fourth-order valence-electron chi connectivity index (χ4n) is 13.8. The molecule has 0 aromatic carbocycles. The summed E-state index contributed by atoms with van der Waals surface area (Å²) in [5, 5.41) is 10.8. The van der Waals surface area contributed by atoms with E-state index in [4.69, 9.17) is 4.98 Å². The van der Waals surface area contributed by atoms with Crippen molar-refractivity contribution >= 4 is 5.91 Å². The van der Waals surface area contributed by atoms with E-state index in [1.54, 1.807) is 0 Å². The molecule has 11 unspecified atom stereocenters. The van der Waals surface area contributed by atoms with E-state index in [2.05, 4.69) is 73.4 Å². The van der Waals surface area contributed by atoms with E-state index in [1.165, 1.54) is 64.2 Å². The molecule has 1 amide bonds. The zero-order chi connectivity index (χ0) is 36.4. The quantitative estimate of drug-likeness (QED) is 0.324. The van der Waals surface area contributed by atoms with Gasteiger partial charge in [0.15, 0.2) is 0 Å². The standard InChI is InChI=1S/C41H61N5O2.C4H8/c1-27-30-14-18-40(3)31-15-20-41(17-6-10-32(41)29(31)12-13-36(40)39(30,2)19-16-35(27)47)38(48)46-22-8-11-34(46)37-43-33(28-9-7-21-42-25-28)26-45(37)24-23-44(4)5;1-4-2-3-4/h7,9,21,25-27,29-32,34-36,47H,6,8,10-20,22-24H2,1-5H3;4H,2-3H2,1H3. The Morgan fingerprint density at radius 1 is 0.904 bits per heavy atom. The van der Waals surface area contributed by atoms with Gasteiger partial charge in [-0.3, -0.25) is 9.78 Å². The molecule has 52 heavy (non-hydrogen) atoms. The number of carbonyl (C=O) groups is 1. The predicted molar refractivity (Wildman–Crippen MR) is 208 cm³/mol. The van der Waals surface area contributed by atoms with Crippen LogP contribution in [-0.2, 0) is 11.3 Å². The molecule has 286 valence electrons. The maximum Gasteiger partial charge on any atom is 0.229 e. The molecule has 9 rings (SSSR count). The third-order valence-corrected chi connectivity index (χ3v) is 16.7. The van der Waals surface area contributed by atoms with E-state index >= 15 is 4.79 Å². The van der Waals surface area contributed by atoms with Crippen molar-refractivity contribution in [2.45, 2.75) is 143 Å². The number of likely N-dealkylation sites (N-methyl/N-ethyl adjacent to an activating group) is 1. The minimum Gasteiger partial charge on any atom is -0.393 e. The van der Waals surface area contributed by atoms with Crippen LogP contribution < -0.4 is 0 Å². The van der Waals surface area contributed by atoms with Crippen LogP contribution in [0.3, 0.4) is 0 Å². The number of aliphatic hydroxyl groups excluding tert-OH is 1. The topological polar surface area (TPSA) is 74.5 Å². The first-order chi connectivity index (χ1) is 25.0. The highest BCUT2D eigenvalue weighted by Crippen LogP contribution is 2.72. The van der Waals surface area contributed by atoms with Crippen LogP contribution in [0, 0.1) is 57.7 Å². The average Bonchev–Trinajstić information content (AvgIpc) is 3.50. The van der Waals surface area contributed by atoms with Gasteiger partial charge in [0.05, 0.1) is 23.3 Å². The van der Waals surface area contributed by atoms with Crippen LogP contribution in [0.15, 0.2) is 30.7 Å². The Morgan fingerprint density at radius 3 is 2.38 bits per heavy atom. The molecule has 0 spiro atoms. The number of aliphatic hydroxyl groups is 1. The summed E-state index contributed by atoms with van der Waals surface area (Å²) in [5.74, 6) is 6.38. The molecule has 3 heterocycles. The predicted octanol–water partition coefficient (Wildman–Crippen LogP) is 9.02. The zero-order valence-corrected chi connectivity index (χ0v) is 33.4. The van der Waals surface area contributed by atoms with Gasteiger partial charge in [-0.05, 0) is 156 Å². The van der Waals surface area contributed by atoms with Crippen LogP contribution in [0.5, 0.6) is 0 Å². The normalized spacial score (nSPS) is 41.0. The van der Waals surface area contributed by atoms with E-state index in [0.29, 0.717) is 40.4 Å². The number of pyridine rings is 1. The molecule has 7 fully saturated rings. The van der Waals surface area contributed by atoms with Crippen molar-refractivity contribution in [1.82, 2.24) is 24.3 Å². The van der Waals surface area contributed by atoms with Crippen molar-refractivity contribution in [3.63, 3.8) is 0 Å². The summed E-state index contributed by atoms with van der Waals surface area (Å²) in [6.45, 7) is 12.6. The third kappa shape index (κ3) is 6.20. The number of carbonyl (C=O) groups excluding carboxylic acids is 1. The summed E-state index contributed by atoms with van der Waals surface area (Å²) < 4.78 is 2.34. The number of hydrogen-bond acceptors (Lipinski definition) is 5. The fourth-order valence-corrected chi connectivity index (χ4v) is 13.8. The fraction of sp³-hybridized carbons (Fsp3) is 0.800. The minimum absolute atomic E-state index is 0.0468. The van der Waals surface area contributed by atoms with Crippen molar-refractivity contribution in [2.24, 2.45) is 57.7 Å². The van der Waals surface area contributed by atoms with Crippen LogP contribution in [0.25, 0.3) is 11.3 Å². The van der Waals surface area contributed by atoms with Crippen LogP contribution >= 0.6 is 0 Å². The van der Waals surface area contributed by atoms with Gasteiger partial charge in [-0.15, -0.1) is 0 Å². The third-order valence-electron chi connectivity index (χ3n) is 16.7. The highest BCUT2D eigenvalue weighted by molar-refractivity contribution is 5.84. The summed E-state index contributed by atoms with van der Waals surface area (Å²) in [4.78, 5) is 29.4. The van der Waals surface area contributed by atoms with Crippen LogP contribution in [0.1, 0.15) is 136 Å². The maximum atomic E-state index is 15.2. The number of likely N-dealkylation sites (tertiary alicyclic amines) is 1. The van der Waals surface area contributed by atoms with Crippen LogP contribution in [0.2, 0.25) is 0 Å². The number of rotatable bonds is 6. The number of hydrogen-bond donors (Lipinski definition) is 1. The molecule has 0 radical (unpaired) electrons. The first-order valence-corrected chi connectivity index (χ1v) is 21.6. The molecule has 7 nitrogen and oxygen atoms in total. The molecule has 6 saturated carbocycles. The van der Waals surface area contributed by atoms with Crippen molar-refractivity contribution in [3.8, 4) is 11.3 Å². The van der Waals surface area contributed by atoms with Gasteiger partial charge >= 0.3 is 0 Å². The molecular formula is C45H69N5O2. The van der Waals surface area contributed by atoms with Crippen molar-refractivity contribution < 1.29 is 9.90 Å². The lowest BCUT2D eigenvalue weighted by Crippen LogP contribution is -2.62. The van der Waals surface area contributed by atoms with E-state index in [9.17, 15) is 5.11 Å². The molecule has 2 aromatic rings. The minimum atomic E-state index is -0.190. The monoisotopic (exact) mass is 712 g/mol. The summed E-state index contributed by atoms with van der Waals surface area (Å²) in [6.07, 6.45) is 24.0. The summed E-state index contributed by atoms with van der Waals surface area (Å²) in [6, 6.07) is 4.12. The van der Waals surface area contributed by atoms with Gasteiger partial charge in [0.2, 0.25) is 5.91 Å². The van der Waals surface area contributed by atoms with Gasteiger partial charge in [0, 0.05) is 43.8 Å². The number of nitrogens with zero attached hydrogens (tertiary/aromatic N) is 5. The average molecular weight is 712 g/mol. The summed E-state index contributed by atoms with van der Waals surface area (Å²) in [7, 11) is 4.25. The Kier molecular flexibility index (Phi) is 9.96. The van der Waals surface area contributed by atoms with Crippen molar-refractivity contribution in [3.05, 3.63) is 36.5 Å². The number of amides is 1. The molecule has 0 bridgehead atoms. The number of imidazole rings is 1. The van der Waals surface area contributed by atoms with Crippen LogP contribution in [-0.4, -0.2) is 68.6 Å². The number of aromatic nitrogens is 3. The SMILES string of the molecule is CC1C(O)CCC2(C)C1CCC1(C)C3CCC4(C(=O)N5CCCC5c5nc(-c6cccnc6)cn5CCN(C)C)CCCC4C3CCC21.CC1CC1. The lowest BCUT2D eigenvalue weighted by molar-refractivity contribution is -0.198. The smallest absolute Gasteiger partial charge is 0.229 e. The van der Waals surface area contributed by atoms with Gasteiger partial charge in [0.25, 0.3) is 0 Å². The largest absolute Gasteiger partial charge is 0.393 e. The Bertz CT molecular complexity index is 1570. The Labute approximate surface area is 314 Å². The Hall–Kier alpha value is -2.25. The van der Waals surface area contributed by atoms with E-state index in [-0.39, 0.29) is 17.6 Å². The van der Waals surface area contributed by atoms with E-state index < -0.39 is 0 Å². The molecule has 6 aliphatic carbocycles. The second-order valence-electron chi connectivity index (χ2n) is 19.8. The Balaban J connectivity index is 0.000000907. The summed E-state index contributed by atoms with van der Waals surface area (Å²) >= 11 is 0. The first-order valence-electron chi connectivity index (χ1n) is 21.6. The Morgan fingerprint density at radius 2 is 1.65 bits per heavy atom. The van der Waals surface area contributed by atoms with Gasteiger partial charge in [0.1, 0.15) is 5.82 Å². The van der Waals surface area contributed by atoms with E-state index in [1.807, 2.05) is 18.5 Å². The molecular weight excluding hydrogens is 643 g/mol. The van der Waals surface area contributed by atoms with Gasteiger partial charge in [-0.25, -0.2) is 4.98 Å². The van der Waals surface area contributed by atoms with E-state index in [0.717, 1.165) is 86.6 Å². The molecule has 1 saturated heterocycles. The van der Waals surface area contributed by atoms with Gasteiger partial charge < -0.3 is 19.5 Å². The summed E-state index contributed by atoms with van der Waals surface area (Å²) in [5.41, 5.74) is 2.53. The highest BCUT2D eigenvalue weighted by Gasteiger charge is 2.66. The number of fused-ring (bicyclic) bond motifs is 7. The van der Waals surface area contributed by atoms with Crippen LogP contribution in [0.4, 0.5) is 0 Å². The highest BCUT2D eigenvalue weighted by atomic mass is 16.3. The second-order valence-corrected chi connectivity index (χ2v) is 19.8.